The van der Waals surface area contributed by atoms with Crippen LogP contribution in [-0.4, -0.2) is 50.8 Å². The quantitative estimate of drug-likeness (QED) is 0.840. The Balaban J connectivity index is 2.37. The molecule has 1 aliphatic heterocycles. The first-order chi connectivity index (χ1) is 9.28. The average molecular weight is 319 g/mol. The second-order valence-electron chi connectivity index (χ2n) is 4.75. The van der Waals surface area contributed by atoms with Crippen LogP contribution in [0.3, 0.4) is 0 Å². The molecule has 1 aromatic carbocycles. The number of hydrogen-bond donors (Lipinski definition) is 1. The molecule has 1 N–H and O–H groups in total. The van der Waals surface area contributed by atoms with Crippen molar-refractivity contribution in [1.29, 1.82) is 0 Å². The topological polar surface area (TPSA) is 91.8 Å². The standard InChI is InChI=1S/C12H17NO5S2/c1-10-11(9-14)3-2-4-12(10)20(17,18)13-5-7-19(15,16)8-6-13/h2-4,14H,5-9H2,1H3. The summed E-state index contributed by atoms with van der Waals surface area (Å²) in [6.07, 6.45) is 0. The van der Waals surface area contributed by atoms with Crippen LogP contribution in [0.1, 0.15) is 11.1 Å². The summed E-state index contributed by atoms with van der Waals surface area (Å²) in [7, 11) is -6.84. The van der Waals surface area contributed by atoms with Crippen LogP contribution in [0, 0.1) is 6.92 Å². The van der Waals surface area contributed by atoms with E-state index >= 15 is 0 Å². The molecule has 0 spiro atoms. The van der Waals surface area contributed by atoms with Crippen molar-refractivity contribution in [2.45, 2.75) is 18.4 Å². The second-order valence-corrected chi connectivity index (χ2v) is 8.96. The minimum absolute atomic E-state index is 0.0204. The van der Waals surface area contributed by atoms with Gasteiger partial charge in [-0.3, -0.25) is 0 Å². The maximum Gasteiger partial charge on any atom is 0.243 e. The van der Waals surface area contributed by atoms with Gasteiger partial charge in [0, 0.05) is 13.1 Å². The van der Waals surface area contributed by atoms with Crippen molar-refractivity contribution >= 4 is 19.9 Å². The third-order valence-electron chi connectivity index (χ3n) is 3.49. The summed E-state index contributed by atoms with van der Waals surface area (Å²) in [4.78, 5) is 0.128. The van der Waals surface area contributed by atoms with E-state index in [-0.39, 0.29) is 36.1 Å². The van der Waals surface area contributed by atoms with E-state index in [1.54, 1.807) is 19.1 Å². The van der Waals surface area contributed by atoms with Crippen LogP contribution in [0.4, 0.5) is 0 Å². The van der Waals surface area contributed by atoms with Gasteiger partial charge in [-0.05, 0) is 24.1 Å². The normalized spacial score (nSPS) is 19.9. The summed E-state index contributed by atoms with van der Waals surface area (Å²) in [6, 6.07) is 4.72. The molecule has 0 bridgehead atoms. The number of rotatable bonds is 3. The molecule has 1 heterocycles. The van der Waals surface area contributed by atoms with Gasteiger partial charge < -0.3 is 5.11 Å². The Bertz CT molecular complexity index is 695. The molecule has 8 heteroatoms. The number of sulfone groups is 1. The fourth-order valence-electron chi connectivity index (χ4n) is 2.19. The molecule has 1 saturated heterocycles. The van der Waals surface area contributed by atoms with Crippen LogP contribution in [0.15, 0.2) is 23.1 Å². The maximum absolute atomic E-state index is 12.5. The van der Waals surface area contributed by atoms with Gasteiger partial charge in [0.2, 0.25) is 10.0 Å². The van der Waals surface area contributed by atoms with Crippen molar-refractivity contribution in [2.24, 2.45) is 0 Å². The molecule has 1 aliphatic rings. The summed E-state index contributed by atoms with van der Waals surface area (Å²) in [5, 5.41) is 9.20. The minimum atomic E-state index is -3.72. The fraction of sp³-hybridized carbons (Fsp3) is 0.500. The molecule has 0 unspecified atom stereocenters. The second kappa shape index (κ2) is 5.44. The predicted molar refractivity (Wildman–Crippen MR) is 74.5 cm³/mol. The highest BCUT2D eigenvalue weighted by Gasteiger charge is 2.32. The molecule has 1 fully saturated rings. The van der Waals surface area contributed by atoms with Gasteiger partial charge in [0.05, 0.1) is 23.0 Å². The molecule has 0 atom stereocenters. The summed E-state index contributed by atoms with van der Waals surface area (Å²) in [5.41, 5.74) is 1.05. The highest BCUT2D eigenvalue weighted by molar-refractivity contribution is 7.92. The molecule has 112 valence electrons. The van der Waals surface area contributed by atoms with Crippen molar-refractivity contribution in [3.8, 4) is 0 Å². The first kappa shape index (κ1) is 15.4. The predicted octanol–water partition coefficient (Wildman–Crippen LogP) is -0.0936. The summed E-state index contributed by atoms with van der Waals surface area (Å²) < 4.78 is 49.0. The zero-order chi connectivity index (χ0) is 15.0. The summed E-state index contributed by atoms with van der Waals surface area (Å²) in [6.45, 7) is 1.36. The number of sulfonamides is 1. The van der Waals surface area contributed by atoms with Gasteiger partial charge in [-0.2, -0.15) is 4.31 Å². The Hall–Kier alpha value is -0.960. The van der Waals surface area contributed by atoms with Crippen molar-refractivity contribution in [1.82, 2.24) is 4.31 Å². The number of benzene rings is 1. The van der Waals surface area contributed by atoms with Crippen molar-refractivity contribution in [3.05, 3.63) is 29.3 Å². The Kier molecular flexibility index (Phi) is 4.19. The van der Waals surface area contributed by atoms with Crippen molar-refractivity contribution < 1.29 is 21.9 Å². The van der Waals surface area contributed by atoms with E-state index in [2.05, 4.69) is 0 Å². The molecule has 0 aromatic heterocycles. The zero-order valence-electron chi connectivity index (χ0n) is 11.1. The lowest BCUT2D eigenvalue weighted by Gasteiger charge is -2.26. The molecule has 6 nitrogen and oxygen atoms in total. The van der Waals surface area contributed by atoms with Gasteiger partial charge in [0.25, 0.3) is 0 Å². The highest BCUT2D eigenvalue weighted by Crippen LogP contribution is 2.24. The van der Waals surface area contributed by atoms with Gasteiger partial charge in [0.15, 0.2) is 9.84 Å². The lowest BCUT2D eigenvalue weighted by Crippen LogP contribution is -2.43. The monoisotopic (exact) mass is 319 g/mol. The molecular formula is C12H17NO5S2. The summed E-state index contributed by atoms with van der Waals surface area (Å²) in [5.74, 6) is -0.296. The van der Waals surface area contributed by atoms with E-state index in [1.807, 2.05) is 0 Å². The van der Waals surface area contributed by atoms with Gasteiger partial charge >= 0.3 is 0 Å². The molecule has 20 heavy (non-hydrogen) atoms. The van der Waals surface area contributed by atoms with Crippen molar-refractivity contribution in [2.75, 3.05) is 24.6 Å². The van der Waals surface area contributed by atoms with Gasteiger partial charge in [-0.25, -0.2) is 16.8 Å². The van der Waals surface area contributed by atoms with Crippen LogP contribution < -0.4 is 0 Å². The molecule has 0 aliphatic carbocycles. The van der Waals surface area contributed by atoms with Crippen LogP contribution in [-0.2, 0) is 26.5 Å². The highest BCUT2D eigenvalue weighted by atomic mass is 32.2. The van der Waals surface area contributed by atoms with E-state index < -0.39 is 19.9 Å². The lowest BCUT2D eigenvalue weighted by molar-refractivity contribution is 0.280. The minimum Gasteiger partial charge on any atom is -0.392 e. The largest absolute Gasteiger partial charge is 0.392 e. The maximum atomic E-state index is 12.5. The first-order valence-electron chi connectivity index (χ1n) is 6.18. The molecular weight excluding hydrogens is 302 g/mol. The summed E-state index contributed by atoms with van der Waals surface area (Å²) >= 11 is 0. The lowest BCUT2D eigenvalue weighted by atomic mass is 10.1. The molecule has 2 rings (SSSR count). The average Bonchev–Trinajstić information content (AvgIpc) is 2.38. The Labute approximate surface area is 119 Å². The van der Waals surface area contributed by atoms with Crippen LogP contribution >= 0.6 is 0 Å². The number of nitrogens with zero attached hydrogens (tertiary/aromatic N) is 1. The number of aliphatic hydroxyl groups excluding tert-OH is 1. The van der Waals surface area contributed by atoms with Gasteiger partial charge in [-0.1, -0.05) is 12.1 Å². The van der Waals surface area contributed by atoms with Crippen LogP contribution in [0.25, 0.3) is 0 Å². The number of aliphatic hydroxyl groups is 1. The Morgan fingerprint density at radius 1 is 1.25 bits per heavy atom. The fourth-order valence-corrected chi connectivity index (χ4v) is 5.33. The molecule has 0 saturated carbocycles. The Morgan fingerprint density at radius 2 is 1.85 bits per heavy atom. The third-order valence-corrected chi connectivity index (χ3v) is 7.14. The SMILES string of the molecule is Cc1c(CO)cccc1S(=O)(=O)N1CCS(=O)(=O)CC1. The van der Waals surface area contributed by atoms with Crippen LogP contribution in [0.2, 0.25) is 0 Å². The Morgan fingerprint density at radius 3 is 2.40 bits per heavy atom. The first-order valence-corrected chi connectivity index (χ1v) is 9.44. The molecule has 0 radical (unpaired) electrons. The van der Waals surface area contributed by atoms with Crippen LogP contribution in [0.5, 0.6) is 0 Å². The number of hydrogen-bond acceptors (Lipinski definition) is 5. The van der Waals surface area contributed by atoms with E-state index in [1.165, 1.54) is 10.4 Å². The third kappa shape index (κ3) is 2.88. The van der Waals surface area contributed by atoms with Crippen molar-refractivity contribution in [3.63, 3.8) is 0 Å². The van der Waals surface area contributed by atoms with Gasteiger partial charge in [-0.15, -0.1) is 0 Å². The van der Waals surface area contributed by atoms with E-state index in [4.69, 9.17) is 0 Å². The smallest absolute Gasteiger partial charge is 0.243 e. The zero-order valence-corrected chi connectivity index (χ0v) is 12.7. The van der Waals surface area contributed by atoms with E-state index in [0.717, 1.165) is 0 Å². The van der Waals surface area contributed by atoms with E-state index in [0.29, 0.717) is 11.1 Å². The molecule has 0 amide bonds. The molecule has 1 aromatic rings. The van der Waals surface area contributed by atoms with Gasteiger partial charge in [0.1, 0.15) is 0 Å². The van der Waals surface area contributed by atoms with E-state index in [9.17, 15) is 21.9 Å².